The number of thiophene rings is 1. The second kappa shape index (κ2) is 6.63. The van der Waals surface area contributed by atoms with Crippen molar-refractivity contribution in [2.45, 2.75) is 45.6 Å². The summed E-state index contributed by atoms with van der Waals surface area (Å²) in [6.45, 7) is 9.33. The average molecular weight is 303 g/mol. The van der Waals surface area contributed by atoms with Crippen LogP contribution in [-0.4, -0.2) is 6.54 Å². The number of hydrogen-bond acceptors (Lipinski definition) is 3. The van der Waals surface area contributed by atoms with Crippen LogP contribution >= 0.6 is 11.3 Å². The molecule has 2 aromatic rings. The molecule has 0 aliphatic carbocycles. The maximum absolute atomic E-state index is 6.05. The van der Waals surface area contributed by atoms with Crippen LogP contribution in [0.2, 0.25) is 0 Å². The van der Waals surface area contributed by atoms with Crippen molar-refractivity contribution in [3.05, 3.63) is 51.7 Å². The van der Waals surface area contributed by atoms with E-state index in [1.807, 2.05) is 0 Å². The van der Waals surface area contributed by atoms with Gasteiger partial charge in [0.05, 0.1) is 0 Å². The normalized spacial score (nSPS) is 13.2. The van der Waals surface area contributed by atoms with E-state index in [1.54, 1.807) is 11.3 Å². The van der Waals surface area contributed by atoms with Gasteiger partial charge in [-0.25, -0.2) is 0 Å². The number of aryl methyl sites for hydroxylation is 1. The molecule has 21 heavy (non-hydrogen) atoms. The van der Waals surface area contributed by atoms with Gasteiger partial charge < -0.3 is 10.5 Å². The van der Waals surface area contributed by atoms with Gasteiger partial charge in [0.25, 0.3) is 0 Å². The smallest absolute Gasteiger partial charge is 0.145 e. The van der Waals surface area contributed by atoms with E-state index in [0.717, 1.165) is 12.2 Å². The average Bonchev–Trinajstić information content (AvgIpc) is 2.91. The van der Waals surface area contributed by atoms with Crippen molar-refractivity contribution in [3.63, 3.8) is 0 Å². The third-order valence-corrected chi connectivity index (χ3v) is 5.18. The van der Waals surface area contributed by atoms with Gasteiger partial charge in [0, 0.05) is 16.3 Å². The van der Waals surface area contributed by atoms with Gasteiger partial charge in [0.15, 0.2) is 0 Å². The van der Waals surface area contributed by atoms with Gasteiger partial charge in [0.1, 0.15) is 11.9 Å². The van der Waals surface area contributed by atoms with Crippen LogP contribution in [0.15, 0.2) is 36.4 Å². The minimum absolute atomic E-state index is 0.0614. The topological polar surface area (TPSA) is 35.2 Å². The molecular formula is C18H25NOS. The Morgan fingerprint density at radius 1 is 1.14 bits per heavy atom. The zero-order valence-electron chi connectivity index (χ0n) is 13.3. The molecule has 1 heterocycles. The number of benzene rings is 1. The van der Waals surface area contributed by atoms with Crippen molar-refractivity contribution in [2.24, 2.45) is 5.73 Å². The van der Waals surface area contributed by atoms with Crippen molar-refractivity contribution in [2.75, 3.05) is 6.54 Å². The molecule has 1 aromatic heterocycles. The fourth-order valence-corrected chi connectivity index (χ4v) is 3.12. The van der Waals surface area contributed by atoms with E-state index in [1.165, 1.54) is 15.3 Å². The summed E-state index contributed by atoms with van der Waals surface area (Å²) in [5.41, 5.74) is 7.41. The summed E-state index contributed by atoms with van der Waals surface area (Å²) >= 11 is 1.75. The van der Waals surface area contributed by atoms with Crippen molar-refractivity contribution in [1.82, 2.24) is 0 Å². The monoisotopic (exact) mass is 303 g/mol. The van der Waals surface area contributed by atoms with Crippen LogP contribution in [-0.2, 0) is 5.41 Å². The van der Waals surface area contributed by atoms with Crippen LogP contribution in [0.5, 0.6) is 5.75 Å². The van der Waals surface area contributed by atoms with E-state index in [-0.39, 0.29) is 11.5 Å². The molecule has 0 saturated carbocycles. The Labute approximate surface area is 132 Å². The summed E-state index contributed by atoms with van der Waals surface area (Å²) in [5.74, 6) is 0.882. The largest absolute Gasteiger partial charge is 0.484 e. The maximum Gasteiger partial charge on any atom is 0.145 e. The molecule has 0 aliphatic rings. The van der Waals surface area contributed by atoms with Gasteiger partial charge in [-0.05, 0) is 48.6 Å². The lowest BCUT2D eigenvalue weighted by Gasteiger charge is -2.24. The maximum atomic E-state index is 6.05. The van der Waals surface area contributed by atoms with Crippen molar-refractivity contribution < 1.29 is 4.74 Å². The van der Waals surface area contributed by atoms with Crippen molar-refractivity contribution in [3.8, 4) is 5.75 Å². The first-order valence-corrected chi connectivity index (χ1v) is 8.31. The Kier molecular flexibility index (Phi) is 5.07. The molecule has 114 valence electrons. The molecule has 2 N–H and O–H groups in total. The summed E-state index contributed by atoms with van der Waals surface area (Å²) < 4.78 is 6.05. The first kappa shape index (κ1) is 16.1. The second-order valence-corrected chi connectivity index (χ2v) is 7.37. The Morgan fingerprint density at radius 3 is 2.29 bits per heavy atom. The van der Waals surface area contributed by atoms with Gasteiger partial charge in [-0.3, -0.25) is 0 Å². The molecule has 1 unspecified atom stereocenters. The summed E-state index contributed by atoms with van der Waals surface area (Å²) in [7, 11) is 0. The van der Waals surface area contributed by atoms with Crippen LogP contribution in [0, 0.1) is 6.92 Å². The molecule has 2 rings (SSSR count). The Hall–Kier alpha value is -1.32. The molecule has 0 fully saturated rings. The number of ether oxygens (including phenoxy) is 1. The highest BCUT2D eigenvalue weighted by Crippen LogP contribution is 2.30. The van der Waals surface area contributed by atoms with E-state index in [9.17, 15) is 0 Å². The lowest BCUT2D eigenvalue weighted by atomic mass is 9.82. The van der Waals surface area contributed by atoms with Gasteiger partial charge >= 0.3 is 0 Å². The first-order chi connectivity index (χ1) is 9.96. The van der Waals surface area contributed by atoms with Crippen molar-refractivity contribution >= 4 is 11.3 Å². The summed E-state index contributed by atoms with van der Waals surface area (Å²) in [6, 6.07) is 12.6. The molecular weight excluding hydrogens is 278 g/mol. The highest BCUT2D eigenvalue weighted by atomic mass is 32.1. The van der Waals surface area contributed by atoms with E-state index < -0.39 is 0 Å². The Morgan fingerprint density at radius 2 is 1.81 bits per heavy atom. The zero-order valence-corrected chi connectivity index (χ0v) is 14.2. The number of hydrogen-bond donors (Lipinski definition) is 1. The van der Waals surface area contributed by atoms with Crippen LogP contribution in [0.4, 0.5) is 0 Å². The Balaban J connectivity index is 2.12. The lowest BCUT2D eigenvalue weighted by molar-refractivity contribution is 0.218. The predicted octanol–water partition coefficient (Wildman–Crippen LogP) is 4.82. The van der Waals surface area contributed by atoms with E-state index in [2.05, 4.69) is 64.1 Å². The SMILES string of the molecule is CCC(C)(C)c1ccc(OC(CN)c2ccc(C)s2)cc1. The molecule has 0 amide bonds. The van der Waals surface area contributed by atoms with Gasteiger partial charge in [-0.2, -0.15) is 0 Å². The van der Waals surface area contributed by atoms with Crippen molar-refractivity contribution in [1.29, 1.82) is 0 Å². The van der Waals surface area contributed by atoms with E-state index in [0.29, 0.717) is 6.54 Å². The highest BCUT2D eigenvalue weighted by Gasteiger charge is 2.18. The summed E-state index contributed by atoms with van der Waals surface area (Å²) in [5, 5.41) is 0. The second-order valence-electron chi connectivity index (χ2n) is 6.05. The summed E-state index contributed by atoms with van der Waals surface area (Å²) in [6.07, 6.45) is 1.06. The third-order valence-electron chi connectivity index (χ3n) is 4.09. The third kappa shape index (κ3) is 3.86. The molecule has 0 saturated heterocycles. The van der Waals surface area contributed by atoms with E-state index in [4.69, 9.17) is 10.5 Å². The quantitative estimate of drug-likeness (QED) is 0.830. The highest BCUT2D eigenvalue weighted by molar-refractivity contribution is 7.12. The summed E-state index contributed by atoms with van der Waals surface area (Å²) in [4.78, 5) is 2.47. The fraction of sp³-hybridized carbons (Fsp3) is 0.444. The number of rotatable bonds is 6. The van der Waals surface area contributed by atoms with Crippen LogP contribution in [0.25, 0.3) is 0 Å². The minimum atomic E-state index is -0.0614. The Bertz CT molecular complexity index is 571. The number of nitrogens with two attached hydrogens (primary N) is 1. The van der Waals surface area contributed by atoms with Gasteiger partial charge in [-0.1, -0.05) is 32.9 Å². The molecule has 1 atom stereocenters. The molecule has 0 bridgehead atoms. The van der Waals surface area contributed by atoms with Crippen LogP contribution < -0.4 is 10.5 Å². The lowest BCUT2D eigenvalue weighted by Crippen LogP contribution is -2.18. The fourth-order valence-electron chi connectivity index (χ4n) is 2.20. The molecule has 0 radical (unpaired) electrons. The van der Waals surface area contributed by atoms with Gasteiger partial charge in [0.2, 0.25) is 0 Å². The molecule has 3 heteroatoms. The molecule has 0 aliphatic heterocycles. The van der Waals surface area contributed by atoms with Crippen LogP contribution in [0.1, 0.15) is 48.6 Å². The van der Waals surface area contributed by atoms with Crippen LogP contribution in [0.3, 0.4) is 0 Å². The van der Waals surface area contributed by atoms with E-state index >= 15 is 0 Å². The molecule has 2 nitrogen and oxygen atoms in total. The first-order valence-electron chi connectivity index (χ1n) is 7.50. The van der Waals surface area contributed by atoms with Gasteiger partial charge in [-0.15, -0.1) is 11.3 Å². The molecule has 1 aromatic carbocycles. The molecule has 0 spiro atoms. The minimum Gasteiger partial charge on any atom is -0.484 e. The standard InChI is InChI=1S/C18H25NOS/c1-5-18(3,4)14-7-9-15(10-8-14)20-16(12-19)17-11-6-13(2)21-17/h6-11,16H,5,12,19H2,1-4H3. The predicted molar refractivity (Wildman–Crippen MR) is 91.2 cm³/mol. The zero-order chi connectivity index (χ0) is 15.5.